The number of ether oxygens (including phenoxy) is 1. The number of hydrogen-bond acceptors (Lipinski definition) is 5. The highest BCUT2D eigenvalue weighted by molar-refractivity contribution is 5.92. The van der Waals surface area contributed by atoms with Crippen LogP contribution in [-0.4, -0.2) is 34.9 Å². The minimum absolute atomic E-state index is 0.218. The van der Waals surface area contributed by atoms with Crippen molar-refractivity contribution in [1.29, 1.82) is 0 Å². The molecule has 6 nitrogen and oxygen atoms in total. The molecule has 0 radical (unpaired) electrons. The first-order valence-corrected chi connectivity index (χ1v) is 8.24. The van der Waals surface area contributed by atoms with Gasteiger partial charge in [-0.15, -0.1) is 0 Å². The second-order valence-corrected chi connectivity index (χ2v) is 5.69. The lowest BCUT2D eigenvalue weighted by Gasteiger charge is -2.22. The first-order chi connectivity index (χ1) is 12.1. The van der Waals surface area contributed by atoms with Gasteiger partial charge in [-0.2, -0.15) is 0 Å². The van der Waals surface area contributed by atoms with Crippen LogP contribution in [0.5, 0.6) is 0 Å². The van der Waals surface area contributed by atoms with E-state index in [2.05, 4.69) is 9.88 Å². The normalized spacial score (nSPS) is 10.6. The molecule has 2 N–H and O–H groups in total. The highest BCUT2D eigenvalue weighted by Crippen LogP contribution is 2.12. The highest BCUT2D eigenvalue weighted by Gasteiger charge is 2.12. The zero-order valence-corrected chi connectivity index (χ0v) is 14.4. The van der Waals surface area contributed by atoms with E-state index in [4.69, 9.17) is 10.5 Å². The molecule has 0 bridgehead atoms. The van der Waals surface area contributed by atoms with E-state index in [0.29, 0.717) is 38.2 Å². The van der Waals surface area contributed by atoms with E-state index in [1.807, 2.05) is 24.3 Å². The third kappa shape index (κ3) is 6.35. The van der Waals surface area contributed by atoms with Crippen LogP contribution in [0, 0.1) is 0 Å². The second-order valence-electron chi connectivity index (χ2n) is 5.69. The Morgan fingerprint density at radius 1 is 1.16 bits per heavy atom. The topological polar surface area (TPSA) is 85.5 Å². The zero-order valence-electron chi connectivity index (χ0n) is 14.4. The lowest BCUT2D eigenvalue weighted by atomic mass is 10.1. The van der Waals surface area contributed by atoms with Crippen molar-refractivity contribution in [3.63, 3.8) is 0 Å². The summed E-state index contributed by atoms with van der Waals surface area (Å²) in [6.07, 6.45) is 3.84. The zero-order chi connectivity index (χ0) is 18.1. The lowest BCUT2D eigenvalue weighted by molar-refractivity contribution is -0.143. The van der Waals surface area contributed by atoms with Crippen molar-refractivity contribution in [1.82, 2.24) is 9.88 Å². The molecule has 0 aliphatic rings. The number of carbonyl (C=O) groups is 2. The van der Waals surface area contributed by atoms with Crippen LogP contribution in [0.15, 0.2) is 48.8 Å². The van der Waals surface area contributed by atoms with Gasteiger partial charge in [0.05, 0.1) is 13.0 Å². The molecular weight excluding hydrogens is 318 g/mol. The van der Waals surface area contributed by atoms with Crippen molar-refractivity contribution in [3.05, 3.63) is 65.5 Å². The van der Waals surface area contributed by atoms with Crippen LogP contribution in [-0.2, 0) is 22.6 Å². The fourth-order valence-corrected chi connectivity index (χ4v) is 2.53. The fourth-order valence-electron chi connectivity index (χ4n) is 2.53. The first kappa shape index (κ1) is 18.6. The van der Waals surface area contributed by atoms with Gasteiger partial charge < -0.3 is 10.5 Å². The lowest BCUT2D eigenvalue weighted by Crippen LogP contribution is -2.26. The monoisotopic (exact) mass is 341 g/mol. The number of aromatic nitrogens is 1. The van der Waals surface area contributed by atoms with Gasteiger partial charge in [0, 0.05) is 37.6 Å². The van der Waals surface area contributed by atoms with E-state index in [9.17, 15) is 9.59 Å². The molecule has 1 aromatic heterocycles. The SMILES string of the molecule is CCOC(=O)CCN(Cc1cccnc1)Cc1cccc(C(N)=O)c1. The Bertz CT molecular complexity index is 704. The number of pyridine rings is 1. The van der Waals surface area contributed by atoms with Gasteiger partial charge in [0.25, 0.3) is 0 Å². The molecule has 0 atom stereocenters. The molecule has 25 heavy (non-hydrogen) atoms. The van der Waals surface area contributed by atoms with Crippen molar-refractivity contribution in [2.24, 2.45) is 5.73 Å². The molecule has 0 spiro atoms. The number of carbonyl (C=O) groups excluding carboxylic acids is 2. The predicted octanol–water partition coefficient (Wildman–Crippen LogP) is 2.14. The number of hydrogen-bond donors (Lipinski definition) is 1. The van der Waals surface area contributed by atoms with E-state index >= 15 is 0 Å². The molecule has 6 heteroatoms. The Morgan fingerprint density at radius 3 is 2.60 bits per heavy atom. The van der Waals surface area contributed by atoms with Gasteiger partial charge in [0.2, 0.25) is 5.91 Å². The Hall–Kier alpha value is -2.73. The summed E-state index contributed by atoms with van der Waals surface area (Å²) >= 11 is 0. The Labute approximate surface area is 147 Å². The van der Waals surface area contributed by atoms with E-state index in [-0.39, 0.29) is 5.97 Å². The van der Waals surface area contributed by atoms with Gasteiger partial charge in [0.15, 0.2) is 0 Å². The van der Waals surface area contributed by atoms with Crippen LogP contribution in [0.2, 0.25) is 0 Å². The number of amides is 1. The van der Waals surface area contributed by atoms with E-state index in [1.165, 1.54) is 0 Å². The van der Waals surface area contributed by atoms with Crippen LogP contribution >= 0.6 is 0 Å². The summed E-state index contributed by atoms with van der Waals surface area (Å²) in [4.78, 5) is 29.3. The van der Waals surface area contributed by atoms with Crippen LogP contribution in [0.3, 0.4) is 0 Å². The number of primary amides is 1. The number of esters is 1. The Morgan fingerprint density at radius 2 is 1.92 bits per heavy atom. The average Bonchev–Trinajstić information content (AvgIpc) is 2.61. The largest absolute Gasteiger partial charge is 0.466 e. The highest BCUT2D eigenvalue weighted by atomic mass is 16.5. The smallest absolute Gasteiger partial charge is 0.307 e. The third-order valence-corrected chi connectivity index (χ3v) is 3.68. The molecule has 1 heterocycles. The molecule has 1 aromatic carbocycles. The van der Waals surface area contributed by atoms with E-state index in [1.54, 1.807) is 31.5 Å². The maximum atomic E-state index is 11.7. The summed E-state index contributed by atoms with van der Waals surface area (Å²) in [5.74, 6) is -0.670. The van der Waals surface area contributed by atoms with Crippen molar-refractivity contribution in [2.45, 2.75) is 26.4 Å². The first-order valence-electron chi connectivity index (χ1n) is 8.24. The summed E-state index contributed by atoms with van der Waals surface area (Å²) in [5, 5.41) is 0. The summed E-state index contributed by atoms with van der Waals surface area (Å²) in [5.41, 5.74) is 7.84. The standard InChI is InChI=1S/C19H23N3O3/c1-2-25-18(23)8-10-22(14-16-6-4-9-21-12-16)13-15-5-3-7-17(11-15)19(20)24/h3-7,9,11-12H,2,8,10,13-14H2,1H3,(H2,20,24). The molecule has 0 fully saturated rings. The quantitative estimate of drug-likeness (QED) is 0.706. The van der Waals surface area contributed by atoms with Gasteiger partial charge >= 0.3 is 5.97 Å². The average molecular weight is 341 g/mol. The van der Waals surface area contributed by atoms with E-state index in [0.717, 1.165) is 11.1 Å². The van der Waals surface area contributed by atoms with Crippen LogP contribution in [0.25, 0.3) is 0 Å². The maximum absolute atomic E-state index is 11.7. The molecule has 0 aliphatic carbocycles. The van der Waals surface area contributed by atoms with Crippen LogP contribution in [0.1, 0.15) is 34.8 Å². The van der Waals surface area contributed by atoms with Gasteiger partial charge in [0.1, 0.15) is 0 Å². The van der Waals surface area contributed by atoms with Crippen molar-refractivity contribution in [2.75, 3.05) is 13.2 Å². The minimum Gasteiger partial charge on any atom is -0.466 e. The molecule has 1 amide bonds. The Kier molecular flexibility index (Phi) is 7.10. The van der Waals surface area contributed by atoms with Crippen molar-refractivity contribution >= 4 is 11.9 Å². The second kappa shape index (κ2) is 9.54. The molecule has 0 saturated carbocycles. The molecule has 132 valence electrons. The maximum Gasteiger partial charge on any atom is 0.307 e. The molecule has 2 aromatic rings. The van der Waals surface area contributed by atoms with Gasteiger partial charge in [-0.05, 0) is 36.2 Å². The number of rotatable bonds is 9. The van der Waals surface area contributed by atoms with Crippen molar-refractivity contribution in [3.8, 4) is 0 Å². The molecule has 2 rings (SSSR count). The molecule has 0 unspecified atom stereocenters. The van der Waals surface area contributed by atoms with Crippen molar-refractivity contribution < 1.29 is 14.3 Å². The summed E-state index contributed by atoms with van der Waals surface area (Å²) in [6.45, 7) is 3.96. The molecule has 0 aliphatic heterocycles. The third-order valence-electron chi connectivity index (χ3n) is 3.68. The van der Waals surface area contributed by atoms with E-state index < -0.39 is 5.91 Å². The number of nitrogens with two attached hydrogens (primary N) is 1. The predicted molar refractivity (Wildman–Crippen MR) is 94.6 cm³/mol. The molecular formula is C19H23N3O3. The summed E-state index contributed by atoms with van der Waals surface area (Å²) < 4.78 is 5.00. The summed E-state index contributed by atoms with van der Waals surface area (Å²) in [6, 6.07) is 11.1. The van der Waals surface area contributed by atoms with Gasteiger partial charge in [-0.1, -0.05) is 18.2 Å². The van der Waals surface area contributed by atoms with Gasteiger partial charge in [-0.25, -0.2) is 0 Å². The van der Waals surface area contributed by atoms with Gasteiger partial charge in [-0.3, -0.25) is 19.5 Å². The fraction of sp³-hybridized carbons (Fsp3) is 0.316. The Balaban J connectivity index is 2.08. The number of nitrogens with zero attached hydrogens (tertiary/aromatic N) is 2. The minimum atomic E-state index is -0.452. The summed E-state index contributed by atoms with van der Waals surface area (Å²) in [7, 11) is 0. The molecule has 0 saturated heterocycles. The number of benzene rings is 1. The van der Waals surface area contributed by atoms with Crippen LogP contribution < -0.4 is 5.73 Å². The van der Waals surface area contributed by atoms with Crippen LogP contribution in [0.4, 0.5) is 0 Å².